The van der Waals surface area contributed by atoms with Gasteiger partial charge in [-0.3, -0.25) is 0 Å². The van der Waals surface area contributed by atoms with Crippen LogP contribution in [0.1, 0.15) is 17.4 Å². The molecule has 78 valence electrons. The number of halogens is 2. The lowest BCUT2D eigenvalue weighted by Crippen LogP contribution is -1.99. The molecule has 2 nitrogen and oxygen atoms in total. The molecule has 1 aromatic carbocycles. The van der Waals surface area contributed by atoms with E-state index in [1.165, 1.54) is 0 Å². The van der Waals surface area contributed by atoms with Crippen LogP contribution in [0.3, 0.4) is 0 Å². The number of nitrogens with zero attached hydrogens (tertiary/aromatic N) is 1. The van der Waals surface area contributed by atoms with Gasteiger partial charge >= 0.3 is 0 Å². The average Bonchev–Trinajstić information content (AvgIpc) is 2.60. The van der Waals surface area contributed by atoms with Crippen LogP contribution in [0.15, 0.2) is 30.3 Å². The first-order chi connectivity index (χ1) is 7.20. The van der Waals surface area contributed by atoms with Crippen molar-refractivity contribution < 1.29 is 5.11 Å². The van der Waals surface area contributed by atoms with Crippen LogP contribution in [0.4, 0.5) is 0 Å². The van der Waals surface area contributed by atoms with E-state index in [1.54, 1.807) is 0 Å². The summed E-state index contributed by atoms with van der Waals surface area (Å²) < 4.78 is 4.42. The monoisotopic (exact) mass is 259 g/mol. The molecule has 2 aromatic rings. The SMILES string of the molecule is OC(c1ccccc1)c1nsc(Cl)c1Cl. The van der Waals surface area contributed by atoms with Crippen LogP contribution in [-0.4, -0.2) is 9.48 Å². The molecule has 0 saturated carbocycles. The molecule has 0 spiro atoms. The van der Waals surface area contributed by atoms with Crippen molar-refractivity contribution in [3.8, 4) is 0 Å². The van der Waals surface area contributed by atoms with Crippen LogP contribution in [0.2, 0.25) is 9.36 Å². The highest BCUT2D eigenvalue weighted by Gasteiger charge is 2.19. The van der Waals surface area contributed by atoms with Crippen LogP contribution in [0.5, 0.6) is 0 Å². The fourth-order valence-electron chi connectivity index (χ4n) is 1.23. The first-order valence-electron chi connectivity index (χ1n) is 4.23. The maximum atomic E-state index is 9.99. The molecule has 0 aliphatic carbocycles. The Balaban J connectivity index is 2.37. The highest BCUT2D eigenvalue weighted by Crippen LogP contribution is 2.35. The molecule has 1 unspecified atom stereocenters. The Hall–Kier alpha value is -0.610. The molecule has 1 N–H and O–H groups in total. The summed E-state index contributed by atoms with van der Waals surface area (Å²) in [6, 6.07) is 9.20. The predicted molar refractivity (Wildman–Crippen MR) is 62.6 cm³/mol. The fourth-order valence-corrected chi connectivity index (χ4v) is 2.29. The molecule has 5 heteroatoms. The van der Waals surface area contributed by atoms with Gasteiger partial charge < -0.3 is 5.11 Å². The van der Waals surface area contributed by atoms with E-state index in [4.69, 9.17) is 23.2 Å². The molecular weight excluding hydrogens is 253 g/mol. The molecule has 1 atom stereocenters. The summed E-state index contributed by atoms with van der Waals surface area (Å²) in [5.41, 5.74) is 1.17. The average molecular weight is 260 g/mol. The zero-order chi connectivity index (χ0) is 10.8. The van der Waals surface area contributed by atoms with Gasteiger partial charge in [-0.05, 0) is 17.1 Å². The molecule has 0 bridgehead atoms. The lowest BCUT2D eigenvalue weighted by molar-refractivity contribution is 0.216. The minimum Gasteiger partial charge on any atom is -0.382 e. The quantitative estimate of drug-likeness (QED) is 0.895. The summed E-state index contributed by atoms with van der Waals surface area (Å²) in [7, 11) is 0. The Morgan fingerprint density at radius 1 is 1.20 bits per heavy atom. The molecule has 0 saturated heterocycles. The van der Waals surface area contributed by atoms with Crippen LogP contribution in [0.25, 0.3) is 0 Å². The highest BCUT2D eigenvalue weighted by molar-refractivity contribution is 7.11. The molecule has 0 amide bonds. The Morgan fingerprint density at radius 2 is 1.87 bits per heavy atom. The zero-order valence-corrected chi connectivity index (χ0v) is 9.85. The Kier molecular flexibility index (Phi) is 3.26. The number of aliphatic hydroxyl groups excluding tert-OH is 1. The van der Waals surface area contributed by atoms with E-state index in [2.05, 4.69) is 4.37 Å². The fraction of sp³-hybridized carbons (Fsp3) is 0.100. The van der Waals surface area contributed by atoms with E-state index in [1.807, 2.05) is 30.3 Å². The Bertz CT molecular complexity index is 458. The van der Waals surface area contributed by atoms with Crippen LogP contribution >= 0.6 is 34.7 Å². The summed E-state index contributed by atoms with van der Waals surface area (Å²) in [6.07, 6.45) is -0.817. The first kappa shape index (κ1) is 10.9. The topological polar surface area (TPSA) is 33.1 Å². The van der Waals surface area contributed by atoms with E-state index in [0.717, 1.165) is 17.1 Å². The van der Waals surface area contributed by atoms with Gasteiger partial charge in [0, 0.05) is 0 Å². The van der Waals surface area contributed by atoms with Gasteiger partial charge in [-0.25, -0.2) is 0 Å². The minimum atomic E-state index is -0.817. The number of hydrogen-bond donors (Lipinski definition) is 1. The first-order valence-corrected chi connectivity index (χ1v) is 5.76. The van der Waals surface area contributed by atoms with E-state index < -0.39 is 6.10 Å². The predicted octanol–water partition coefficient (Wildman–Crippen LogP) is 3.53. The second-order valence-corrected chi connectivity index (χ2v) is 4.72. The third-order valence-electron chi connectivity index (χ3n) is 2.00. The summed E-state index contributed by atoms with van der Waals surface area (Å²) in [6.45, 7) is 0. The summed E-state index contributed by atoms with van der Waals surface area (Å²) in [5, 5.41) is 10.3. The molecule has 1 aromatic heterocycles. The lowest BCUT2D eigenvalue weighted by Gasteiger charge is -2.07. The van der Waals surface area contributed by atoms with Crippen molar-refractivity contribution in [2.45, 2.75) is 6.10 Å². The summed E-state index contributed by atoms with van der Waals surface area (Å²) in [4.78, 5) is 0. The van der Waals surface area contributed by atoms with E-state index >= 15 is 0 Å². The molecule has 0 radical (unpaired) electrons. The van der Waals surface area contributed by atoms with Crippen molar-refractivity contribution in [1.29, 1.82) is 0 Å². The van der Waals surface area contributed by atoms with Gasteiger partial charge in [-0.15, -0.1) is 0 Å². The van der Waals surface area contributed by atoms with Gasteiger partial charge in [-0.1, -0.05) is 53.5 Å². The molecule has 1 heterocycles. The normalized spacial score (nSPS) is 12.7. The highest BCUT2D eigenvalue weighted by atomic mass is 35.5. The molecule has 0 aliphatic rings. The number of benzene rings is 1. The Labute approximate surface area is 101 Å². The van der Waals surface area contributed by atoms with Crippen LogP contribution in [0, 0.1) is 0 Å². The second-order valence-electron chi connectivity index (χ2n) is 2.97. The largest absolute Gasteiger partial charge is 0.382 e. The van der Waals surface area contributed by atoms with Crippen molar-refractivity contribution in [2.75, 3.05) is 0 Å². The molecular formula is C10H7Cl2NOS. The van der Waals surface area contributed by atoms with Crippen molar-refractivity contribution in [2.24, 2.45) is 0 Å². The maximum absolute atomic E-state index is 9.99. The smallest absolute Gasteiger partial charge is 0.132 e. The third kappa shape index (κ3) is 2.16. The van der Waals surface area contributed by atoms with Gasteiger partial charge in [0.1, 0.15) is 16.1 Å². The molecule has 15 heavy (non-hydrogen) atoms. The third-order valence-corrected chi connectivity index (χ3v) is 3.64. The molecule has 0 aliphatic heterocycles. The standard InChI is InChI=1S/C10H7Cl2NOS/c11-7-8(13-15-10(7)12)9(14)6-4-2-1-3-5-6/h1-5,9,14H. The van der Waals surface area contributed by atoms with Crippen molar-refractivity contribution in [3.05, 3.63) is 50.9 Å². The van der Waals surface area contributed by atoms with E-state index in [0.29, 0.717) is 15.1 Å². The number of rotatable bonds is 2. The summed E-state index contributed by atoms with van der Waals surface area (Å²) in [5.74, 6) is 0. The summed E-state index contributed by atoms with van der Waals surface area (Å²) >= 11 is 12.8. The molecule has 0 fully saturated rings. The number of hydrogen-bond acceptors (Lipinski definition) is 3. The number of aromatic nitrogens is 1. The van der Waals surface area contributed by atoms with Gasteiger partial charge in [0.2, 0.25) is 0 Å². The Morgan fingerprint density at radius 3 is 2.40 bits per heavy atom. The van der Waals surface area contributed by atoms with E-state index in [-0.39, 0.29) is 0 Å². The molecule has 2 rings (SSSR count). The van der Waals surface area contributed by atoms with Crippen LogP contribution in [-0.2, 0) is 0 Å². The van der Waals surface area contributed by atoms with Crippen molar-refractivity contribution in [3.63, 3.8) is 0 Å². The lowest BCUT2D eigenvalue weighted by atomic mass is 10.1. The van der Waals surface area contributed by atoms with Crippen molar-refractivity contribution >= 4 is 34.7 Å². The maximum Gasteiger partial charge on any atom is 0.132 e. The zero-order valence-electron chi connectivity index (χ0n) is 7.52. The van der Waals surface area contributed by atoms with E-state index in [9.17, 15) is 5.11 Å². The second kappa shape index (κ2) is 4.49. The van der Waals surface area contributed by atoms with Crippen molar-refractivity contribution in [1.82, 2.24) is 4.37 Å². The van der Waals surface area contributed by atoms with Gasteiger partial charge in [0.05, 0.1) is 5.02 Å². The van der Waals surface area contributed by atoms with Gasteiger partial charge in [0.15, 0.2) is 0 Å². The van der Waals surface area contributed by atoms with Crippen LogP contribution < -0.4 is 0 Å². The van der Waals surface area contributed by atoms with Gasteiger partial charge in [-0.2, -0.15) is 4.37 Å². The minimum absolute atomic E-state index is 0.331. The number of aliphatic hydroxyl groups is 1. The van der Waals surface area contributed by atoms with Gasteiger partial charge in [0.25, 0.3) is 0 Å².